The molecule has 1 saturated heterocycles. The number of aliphatic carboxylic acids is 4. The van der Waals surface area contributed by atoms with Crippen molar-refractivity contribution in [2.24, 2.45) is 0 Å². The first-order chi connectivity index (χ1) is 17.3. The number of halogens is 1. The Morgan fingerprint density at radius 2 is 1.27 bits per heavy atom. The third-order valence-electron chi connectivity index (χ3n) is 5.47. The van der Waals surface area contributed by atoms with Gasteiger partial charge in [-0.2, -0.15) is 0 Å². The number of carboxylic acids is 4. The van der Waals surface area contributed by atoms with Gasteiger partial charge in [0.05, 0.1) is 12.2 Å². The number of likely N-dealkylation sites (N-methyl/N-ethyl adjacent to an activating group) is 1. The van der Waals surface area contributed by atoms with E-state index in [2.05, 4.69) is 16.7 Å². The van der Waals surface area contributed by atoms with Crippen molar-refractivity contribution in [2.75, 3.05) is 39.3 Å². The minimum Gasteiger partial charge on any atom is -0.473 e. The van der Waals surface area contributed by atoms with Crippen LogP contribution in [-0.4, -0.2) is 104 Å². The number of carboxylic acid groups (broad SMARTS) is 4. The third-order valence-corrected chi connectivity index (χ3v) is 5.47. The molecule has 4 N–H and O–H groups in total. The number of rotatable bonds is 5. The lowest BCUT2D eigenvalue weighted by molar-refractivity contribution is -0.159. The molecule has 0 saturated carbocycles. The molecule has 1 aromatic heterocycles. The third kappa shape index (κ3) is 9.46. The van der Waals surface area contributed by atoms with Crippen LogP contribution in [0, 0.1) is 19.7 Å². The van der Waals surface area contributed by atoms with Crippen LogP contribution < -0.4 is 0 Å². The van der Waals surface area contributed by atoms with Gasteiger partial charge < -0.3 is 29.9 Å². The van der Waals surface area contributed by atoms with Crippen molar-refractivity contribution in [1.82, 2.24) is 14.4 Å². The number of benzene rings is 1. The van der Waals surface area contributed by atoms with Gasteiger partial charge in [0.25, 0.3) is 0 Å². The highest BCUT2D eigenvalue weighted by Crippen LogP contribution is 2.23. The molecule has 0 aliphatic carbocycles. The molecule has 0 atom stereocenters. The number of aryl methyl sites for hydroxylation is 1. The topological polar surface area (TPSA) is 178 Å². The zero-order valence-corrected chi connectivity index (χ0v) is 20.7. The number of para-hydroxylation sites is 1. The van der Waals surface area contributed by atoms with Gasteiger partial charge in [0.15, 0.2) is 5.78 Å². The molecule has 37 heavy (non-hydrogen) atoms. The molecular weight excluding hydrogens is 493 g/mol. The Hall–Kier alpha value is -4.10. The summed E-state index contributed by atoms with van der Waals surface area (Å²) in [5, 5.41) is 29.6. The van der Waals surface area contributed by atoms with Crippen LogP contribution in [0.2, 0.25) is 0 Å². The Kier molecular flexibility index (Phi) is 12.1. The summed E-state index contributed by atoms with van der Waals surface area (Å²) in [5.74, 6) is -7.46. The van der Waals surface area contributed by atoms with Crippen LogP contribution in [0.15, 0.2) is 30.3 Å². The largest absolute Gasteiger partial charge is 0.473 e. The second kappa shape index (κ2) is 14.5. The molecule has 1 aromatic carbocycles. The molecule has 2 heterocycles. The number of carbonyl (C=O) groups is 5. The maximum absolute atomic E-state index is 14.2. The van der Waals surface area contributed by atoms with E-state index in [1.54, 1.807) is 12.1 Å². The van der Waals surface area contributed by atoms with Crippen LogP contribution in [0.4, 0.5) is 4.39 Å². The van der Waals surface area contributed by atoms with E-state index in [9.17, 15) is 9.18 Å². The first-order valence-electron chi connectivity index (χ1n) is 11.1. The summed E-state index contributed by atoms with van der Waals surface area (Å²) in [7, 11) is 0. The predicted molar refractivity (Wildman–Crippen MR) is 129 cm³/mol. The zero-order valence-electron chi connectivity index (χ0n) is 20.7. The van der Waals surface area contributed by atoms with Gasteiger partial charge in [0.2, 0.25) is 0 Å². The Labute approximate surface area is 212 Å². The molecular formula is C24H30FN3O9. The molecule has 13 heteroatoms. The lowest BCUT2D eigenvalue weighted by Crippen LogP contribution is -2.47. The van der Waals surface area contributed by atoms with E-state index in [0.717, 1.165) is 44.1 Å². The average molecular weight is 524 g/mol. The van der Waals surface area contributed by atoms with Gasteiger partial charge in [-0.1, -0.05) is 19.1 Å². The Morgan fingerprint density at radius 1 is 0.811 bits per heavy atom. The number of aromatic nitrogens is 1. The highest BCUT2D eigenvalue weighted by atomic mass is 19.1. The number of carbonyl (C=O) groups excluding carboxylic acids is 1. The minimum absolute atomic E-state index is 0.112. The summed E-state index contributed by atoms with van der Waals surface area (Å²) in [5.41, 5.74) is 2.87. The van der Waals surface area contributed by atoms with Crippen LogP contribution in [0.5, 0.6) is 0 Å². The van der Waals surface area contributed by atoms with Gasteiger partial charge in [-0.15, -0.1) is 0 Å². The number of piperazine rings is 1. The van der Waals surface area contributed by atoms with Crippen molar-refractivity contribution >= 4 is 29.7 Å². The number of nitrogens with zero attached hydrogens (tertiary/aromatic N) is 3. The molecule has 3 rings (SSSR count). The number of Topliss-reactive ketones (excluding diaryl/α,β-unsaturated/α-hetero) is 1. The average Bonchev–Trinajstić information content (AvgIpc) is 3.14. The molecule has 0 radical (unpaired) electrons. The zero-order chi connectivity index (χ0) is 28.3. The highest BCUT2D eigenvalue weighted by Gasteiger charge is 2.22. The van der Waals surface area contributed by atoms with Gasteiger partial charge in [0.1, 0.15) is 5.82 Å². The van der Waals surface area contributed by atoms with Crippen molar-refractivity contribution in [3.63, 3.8) is 0 Å². The van der Waals surface area contributed by atoms with Gasteiger partial charge >= 0.3 is 23.9 Å². The summed E-state index contributed by atoms with van der Waals surface area (Å²) in [4.78, 5) is 53.8. The monoisotopic (exact) mass is 523 g/mol. The first-order valence-corrected chi connectivity index (χ1v) is 11.1. The summed E-state index contributed by atoms with van der Waals surface area (Å²) in [6.07, 6.45) is 0. The molecule has 0 unspecified atom stereocenters. The standard InChI is InChI=1S/C20H26FN3O.2C2H2O4/c1-4-22-9-11-23(12-10-22)14-20(25)17-13-15(2)24(16(17)3)19-8-6-5-7-18(19)21;2*3-1(4)2(5)6/h5-8,13H,4,9-12,14H2,1-3H3;2*(H,3,4)(H,5,6). The fourth-order valence-corrected chi connectivity index (χ4v) is 3.60. The van der Waals surface area contributed by atoms with Crippen LogP contribution in [0.25, 0.3) is 5.69 Å². The molecule has 1 fully saturated rings. The molecule has 0 bridgehead atoms. The Bertz CT molecular complexity index is 1090. The molecule has 12 nitrogen and oxygen atoms in total. The van der Waals surface area contributed by atoms with Crippen LogP contribution >= 0.6 is 0 Å². The SMILES string of the molecule is CCN1CCN(CC(=O)c2cc(C)n(-c3ccccc3F)c2C)CC1.O=C(O)C(=O)O.O=C(O)C(=O)O. The molecule has 202 valence electrons. The first kappa shape index (κ1) is 30.9. The van der Waals surface area contributed by atoms with Gasteiger partial charge in [-0.05, 0) is 38.6 Å². The second-order valence-electron chi connectivity index (χ2n) is 7.93. The van der Waals surface area contributed by atoms with Gasteiger partial charge in [0, 0.05) is 43.1 Å². The number of hydrogen-bond acceptors (Lipinski definition) is 7. The minimum atomic E-state index is -1.82. The molecule has 0 spiro atoms. The lowest BCUT2D eigenvalue weighted by atomic mass is 10.1. The Morgan fingerprint density at radius 3 is 1.70 bits per heavy atom. The highest BCUT2D eigenvalue weighted by molar-refractivity contribution is 6.27. The fraction of sp³-hybridized carbons (Fsp3) is 0.375. The quantitative estimate of drug-likeness (QED) is 0.329. The van der Waals surface area contributed by atoms with Crippen molar-refractivity contribution in [3.8, 4) is 5.69 Å². The van der Waals surface area contributed by atoms with E-state index in [4.69, 9.17) is 39.6 Å². The van der Waals surface area contributed by atoms with E-state index in [1.807, 2.05) is 30.5 Å². The molecule has 1 aliphatic heterocycles. The van der Waals surface area contributed by atoms with Crippen molar-refractivity contribution < 1.29 is 48.8 Å². The van der Waals surface area contributed by atoms with E-state index in [0.29, 0.717) is 17.8 Å². The smallest absolute Gasteiger partial charge is 0.414 e. The van der Waals surface area contributed by atoms with Crippen molar-refractivity contribution in [3.05, 3.63) is 53.1 Å². The summed E-state index contributed by atoms with van der Waals surface area (Å²) >= 11 is 0. The Balaban J connectivity index is 0.000000476. The maximum Gasteiger partial charge on any atom is 0.414 e. The second-order valence-corrected chi connectivity index (χ2v) is 7.93. The summed E-state index contributed by atoms with van der Waals surface area (Å²) in [6.45, 7) is 11.3. The van der Waals surface area contributed by atoms with E-state index in [-0.39, 0.29) is 11.6 Å². The van der Waals surface area contributed by atoms with Crippen LogP contribution in [-0.2, 0) is 19.2 Å². The normalized spacial score (nSPS) is 13.4. The lowest BCUT2D eigenvalue weighted by Gasteiger charge is -2.33. The van der Waals surface area contributed by atoms with Gasteiger partial charge in [-0.3, -0.25) is 9.69 Å². The maximum atomic E-state index is 14.2. The molecule has 0 amide bonds. The van der Waals surface area contributed by atoms with Gasteiger partial charge in [-0.25, -0.2) is 23.6 Å². The van der Waals surface area contributed by atoms with Crippen molar-refractivity contribution in [1.29, 1.82) is 0 Å². The summed E-state index contributed by atoms with van der Waals surface area (Å²) < 4.78 is 16.0. The molecule has 2 aromatic rings. The fourth-order valence-electron chi connectivity index (χ4n) is 3.60. The predicted octanol–water partition coefficient (Wildman–Crippen LogP) is 1.36. The summed E-state index contributed by atoms with van der Waals surface area (Å²) in [6, 6.07) is 8.56. The van der Waals surface area contributed by atoms with E-state index >= 15 is 0 Å². The number of ketones is 1. The number of hydrogen-bond donors (Lipinski definition) is 4. The van der Waals surface area contributed by atoms with E-state index in [1.165, 1.54) is 6.07 Å². The van der Waals surface area contributed by atoms with E-state index < -0.39 is 23.9 Å². The van der Waals surface area contributed by atoms with Crippen molar-refractivity contribution in [2.45, 2.75) is 20.8 Å². The molecule has 1 aliphatic rings. The van der Waals surface area contributed by atoms with Crippen LogP contribution in [0.3, 0.4) is 0 Å². The van der Waals surface area contributed by atoms with Crippen LogP contribution in [0.1, 0.15) is 28.7 Å².